The first-order valence-corrected chi connectivity index (χ1v) is 8.33. The molecule has 0 saturated heterocycles. The Morgan fingerprint density at radius 3 is 2.11 bits per heavy atom. The number of thioether (sulfide) groups is 1. The number of allylic oxidation sites excluding steroid dienone is 2. The third-order valence-electron chi connectivity index (χ3n) is 2.92. The van der Waals surface area contributed by atoms with Crippen molar-refractivity contribution in [3.63, 3.8) is 0 Å². The van der Waals surface area contributed by atoms with Crippen LogP contribution < -0.4 is 0 Å². The summed E-state index contributed by atoms with van der Waals surface area (Å²) in [5.41, 5.74) is 0.372. The van der Waals surface area contributed by atoms with E-state index in [1.54, 1.807) is 11.8 Å². The van der Waals surface area contributed by atoms with Gasteiger partial charge >= 0.3 is 0 Å². The van der Waals surface area contributed by atoms with Crippen LogP contribution in [0.1, 0.15) is 58.2 Å². The molecule has 0 atom stereocenters. The maximum atomic E-state index is 4.22. The first-order valence-electron chi connectivity index (χ1n) is 6.70. The lowest BCUT2D eigenvalue weighted by atomic mass is 9.95. The van der Waals surface area contributed by atoms with Crippen molar-refractivity contribution in [2.75, 3.05) is 0 Å². The van der Waals surface area contributed by atoms with E-state index in [9.17, 15) is 0 Å². The molecule has 1 heterocycles. The molecule has 2 heteroatoms. The molecule has 0 aliphatic heterocycles. The lowest BCUT2D eigenvalue weighted by molar-refractivity contribution is 0.535. The van der Waals surface area contributed by atoms with Crippen molar-refractivity contribution < 1.29 is 0 Å². The van der Waals surface area contributed by atoms with E-state index in [-0.39, 0.29) is 10.8 Å². The highest BCUT2D eigenvalue weighted by atomic mass is 32.2. The lowest BCUT2D eigenvalue weighted by Gasteiger charge is -2.21. The Kier molecular flexibility index (Phi) is 5.14. The van der Waals surface area contributed by atoms with E-state index >= 15 is 0 Å². The maximum absolute atomic E-state index is 4.22. The van der Waals surface area contributed by atoms with E-state index < -0.39 is 0 Å². The van der Waals surface area contributed by atoms with Gasteiger partial charge in [-0.25, -0.2) is 0 Å². The quantitative estimate of drug-likeness (QED) is 0.597. The summed E-state index contributed by atoms with van der Waals surface area (Å²) in [6.45, 7) is 19.8. The van der Waals surface area contributed by atoms with Crippen LogP contribution in [0.25, 0.3) is 4.91 Å². The minimum atomic E-state index is 0.142. The molecule has 19 heavy (non-hydrogen) atoms. The van der Waals surface area contributed by atoms with Gasteiger partial charge in [-0.1, -0.05) is 66.0 Å². The highest BCUT2D eigenvalue weighted by molar-refractivity contribution is 8.12. The first-order chi connectivity index (χ1) is 8.55. The standard InChI is InChI=1S/C17H26S2/c1-9-13(18-12(2)16(3,4)5)14-10-11-15(19-14)17(6,7)8/h9-11H,2H2,1,3-8H3/b13-9-. The highest BCUT2D eigenvalue weighted by Crippen LogP contribution is 2.44. The van der Waals surface area contributed by atoms with Crippen molar-refractivity contribution >= 4 is 28.0 Å². The molecular weight excluding hydrogens is 268 g/mol. The van der Waals surface area contributed by atoms with Crippen LogP contribution in [0, 0.1) is 5.41 Å². The minimum absolute atomic E-state index is 0.142. The summed E-state index contributed by atoms with van der Waals surface area (Å²) in [5, 5.41) is 0. The molecule has 0 bridgehead atoms. The Morgan fingerprint density at radius 1 is 1.16 bits per heavy atom. The van der Waals surface area contributed by atoms with Gasteiger partial charge in [0.2, 0.25) is 0 Å². The number of thiophene rings is 1. The number of hydrogen-bond acceptors (Lipinski definition) is 2. The van der Waals surface area contributed by atoms with E-state index in [1.165, 1.54) is 19.6 Å². The van der Waals surface area contributed by atoms with Crippen molar-refractivity contribution in [3.05, 3.63) is 39.4 Å². The van der Waals surface area contributed by atoms with Crippen LogP contribution in [0.2, 0.25) is 0 Å². The molecule has 0 fully saturated rings. The third kappa shape index (κ3) is 4.54. The van der Waals surface area contributed by atoms with E-state index in [1.807, 2.05) is 11.3 Å². The van der Waals surface area contributed by atoms with Crippen molar-refractivity contribution in [2.24, 2.45) is 5.41 Å². The molecule has 0 aromatic carbocycles. The van der Waals surface area contributed by atoms with Gasteiger partial charge in [0, 0.05) is 14.7 Å². The van der Waals surface area contributed by atoms with Gasteiger partial charge in [-0.2, -0.15) is 0 Å². The predicted molar refractivity (Wildman–Crippen MR) is 92.9 cm³/mol. The van der Waals surface area contributed by atoms with Crippen molar-refractivity contribution in [3.8, 4) is 0 Å². The molecule has 0 unspecified atom stereocenters. The van der Waals surface area contributed by atoms with Gasteiger partial charge in [0.05, 0.1) is 0 Å². The number of hydrogen-bond donors (Lipinski definition) is 0. The molecule has 0 saturated carbocycles. The summed E-state index contributed by atoms with van der Waals surface area (Å²) in [4.78, 5) is 5.32. The summed E-state index contributed by atoms with van der Waals surface area (Å²) >= 11 is 3.70. The van der Waals surface area contributed by atoms with E-state index in [4.69, 9.17) is 0 Å². The summed E-state index contributed by atoms with van der Waals surface area (Å²) in [6.07, 6.45) is 2.19. The normalized spacial score (nSPS) is 13.7. The number of rotatable bonds is 3. The van der Waals surface area contributed by atoms with Crippen molar-refractivity contribution in [1.82, 2.24) is 0 Å². The van der Waals surface area contributed by atoms with Crippen LogP contribution >= 0.6 is 23.1 Å². The molecule has 1 aromatic rings. The van der Waals surface area contributed by atoms with Gasteiger partial charge in [-0.3, -0.25) is 0 Å². The molecule has 0 N–H and O–H groups in total. The van der Waals surface area contributed by atoms with Crippen LogP contribution in [0.5, 0.6) is 0 Å². The highest BCUT2D eigenvalue weighted by Gasteiger charge is 2.20. The first kappa shape index (κ1) is 16.6. The monoisotopic (exact) mass is 294 g/mol. The SMILES string of the molecule is C=C(S/C(=C\C)c1ccc(C(C)(C)C)s1)C(C)(C)C. The molecule has 0 spiro atoms. The van der Waals surface area contributed by atoms with Crippen LogP contribution in [0.15, 0.2) is 29.7 Å². The summed E-state index contributed by atoms with van der Waals surface area (Å²) in [7, 11) is 0. The Morgan fingerprint density at radius 2 is 1.74 bits per heavy atom. The Bertz CT molecular complexity index is 476. The predicted octanol–water partition coefficient (Wildman–Crippen LogP) is 6.70. The van der Waals surface area contributed by atoms with Gasteiger partial charge in [-0.15, -0.1) is 11.3 Å². The van der Waals surface area contributed by atoms with E-state index in [2.05, 4.69) is 73.3 Å². The van der Waals surface area contributed by atoms with E-state index in [0.717, 1.165) is 0 Å². The van der Waals surface area contributed by atoms with Crippen molar-refractivity contribution in [2.45, 2.75) is 53.9 Å². The molecule has 0 aliphatic carbocycles. The van der Waals surface area contributed by atoms with Crippen LogP contribution in [0.4, 0.5) is 0 Å². The molecule has 0 radical (unpaired) electrons. The largest absolute Gasteiger partial charge is 0.139 e. The second-order valence-corrected chi connectivity index (χ2v) is 9.06. The second-order valence-electron chi connectivity index (χ2n) is 6.84. The summed E-state index contributed by atoms with van der Waals surface area (Å²) in [5.74, 6) is 0. The molecule has 1 aromatic heterocycles. The van der Waals surface area contributed by atoms with Gasteiger partial charge in [0.1, 0.15) is 0 Å². The topological polar surface area (TPSA) is 0 Å². The van der Waals surface area contributed by atoms with Crippen LogP contribution in [-0.4, -0.2) is 0 Å². The Hall–Kier alpha value is -0.470. The van der Waals surface area contributed by atoms with Gasteiger partial charge in [0.25, 0.3) is 0 Å². The van der Waals surface area contributed by atoms with E-state index in [0.29, 0.717) is 0 Å². The van der Waals surface area contributed by atoms with Gasteiger partial charge < -0.3 is 0 Å². The van der Waals surface area contributed by atoms with Crippen molar-refractivity contribution in [1.29, 1.82) is 0 Å². The summed E-state index contributed by atoms with van der Waals surface area (Å²) < 4.78 is 0. The summed E-state index contributed by atoms with van der Waals surface area (Å²) in [6, 6.07) is 4.49. The zero-order chi connectivity index (χ0) is 14.8. The zero-order valence-corrected chi connectivity index (χ0v) is 14.9. The molecular formula is C17H26S2. The Balaban J connectivity index is 2.95. The maximum Gasteiger partial charge on any atom is 0.0409 e. The fourth-order valence-corrected chi connectivity index (χ4v) is 3.55. The van der Waals surface area contributed by atoms with Crippen LogP contribution in [0.3, 0.4) is 0 Å². The minimum Gasteiger partial charge on any atom is -0.139 e. The average Bonchev–Trinajstić information content (AvgIpc) is 2.72. The molecule has 1 rings (SSSR count). The average molecular weight is 295 g/mol. The smallest absolute Gasteiger partial charge is 0.0409 e. The fraction of sp³-hybridized carbons (Fsp3) is 0.529. The molecule has 0 aliphatic rings. The second kappa shape index (κ2) is 5.88. The third-order valence-corrected chi connectivity index (χ3v) is 6.13. The molecule has 0 nitrogen and oxygen atoms in total. The zero-order valence-electron chi connectivity index (χ0n) is 13.3. The molecule has 106 valence electrons. The van der Waals surface area contributed by atoms with Crippen LogP contribution in [-0.2, 0) is 5.41 Å². The lowest BCUT2D eigenvalue weighted by Crippen LogP contribution is -2.07. The van der Waals surface area contributed by atoms with Gasteiger partial charge in [0.15, 0.2) is 0 Å². The Labute approximate surface area is 127 Å². The molecule has 0 amide bonds. The fourth-order valence-electron chi connectivity index (χ4n) is 1.41. The van der Waals surface area contributed by atoms with Gasteiger partial charge in [-0.05, 0) is 34.8 Å².